The average Bonchev–Trinajstić information content (AvgIpc) is 2.29. The molecule has 0 amide bonds. The summed E-state index contributed by atoms with van der Waals surface area (Å²) in [5, 5.41) is 0. The van der Waals surface area contributed by atoms with E-state index in [4.69, 9.17) is 8.53 Å². The molecule has 0 atom stereocenters. The second kappa shape index (κ2) is 20.8. The first-order chi connectivity index (χ1) is 8.74. The minimum absolute atomic E-state index is 0. The maximum absolute atomic E-state index is 10.3. The molecule has 0 saturated heterocycles. The molecule has 0 aliphatic carbocycles. The second-order valence-electron chi connectivity index (χ2n) is 3.55. The Labute approximate surface area is 142 Å². The van der Waals surface area contributed by atoms with Crippen LogP contribution in [0.25, 0.3) is 0 Å². The van der Waals surface area contributed by atoms with Gasteiger partial charge in [0.25, 0.3) is 0 Å². The SMILES string of the molecule is CC(=O)/C=C(\C)[O][AlH2].CO/C(C)=C/C(C)=O.COC.[V]. The number of methoxy groups -OCH3 is 2. The van der Waals surface area contributed by atoms with Crippen LogP contribution < -0.4 is 0 Å². The molecule has 0 fully saturated rings. The molecule has 0 unspecified atom stereocenters. The molecular formula is C13H25AlO5V. The van der Waals surface area contributed by atoms with Gasteiger partial charge in [-0.2, -0.15) is 0 Å². The van der Waals surface area contributed by atoms with E-state index in [1.165, 1.54) is 33.1 Å². The van der Waals surface area contributed by atoms with Crippen molar-refractivity contribution in [1.82, 2.24) is 0 Å². The van der Waals surface area contributed by atoms with Crippen LogP contribution in [-0.2, 0) is 41.4 Å². The minimum Gasteiger partial charge on any atom is -0.651 e. The van der Waals surface area contributed by atoms with Gasteiger partial charge in [0.05, 0.1) is 18.6 Å². The Morgan fingerprint density at radius 3 is 1.25 bits per heavy atom. The fourth-order valence-electron chi connectivity index (χ4n) is 0.690. The summed E-state index contributed by atoms with van der Waals surface area (Å²) in [4.78, 5) is 20.5. The number of carbonyl (C=O) groups excluding carboxylic acids is 2. The first kappa shape index (κ1) is 27.8. The van der Waals surface area contributed by atoms with Crippen molar-refractivity contribution < 1.29 is 41.4 Å². The third-order valence-corrected chi connectivity index (χ3v) is 2.10. The summed E-state index contributed by atoms with van der Waals surface area (Å²) in [7, 11) is 4.79. The van der Waals surface area contributed by atoms with Crippen molar-refractivity contribution >= 4 is 28.2 Å². The molecule has 7 heteroatoms. The molecule has 1 radical (unpaired) electrons. The van der Waals surface area contributed by atoms with Gasteiger partial charge in [0.15, 0.2) is 11.6 Å². The van der Waals surface area contributed by atoms with Crippen LogP contribution in [0.1, 0.15) is 27.7 Å². The van der Waals surface area contributed by atoms with E-state index >= 15 is 0 Å². The van der Waals surface area contributed by atoms with E-state index in [-0.39, 0.29) is 30.1 Å². The van der Waals surface area contributed by atoms with Crippen molar-refractivity contribution in [3.63, 3.8) is 0 Å². The normalized spacial score (nSPS) is 9.75. The predicted octanol–water partition coefficient (Wildman–Crippen LogP) is 1.43. The Balaban J connectivity index is -0.000000103. The van der Waals surface area contributed by atoms with Crippen LogP contribution in [0, 0.1) is 0 Å². The maximum Gasteiger partial charge on any atom is 0.496 e. The molecule has 0 aromatic rings. The van der Waals surface area contributed by atoms with E-state index in [1.807, 2.05) is 0 Å². The molecule has 5 nitrogen and oxygen atoms in total. The van der Waals surface area contributed by atoms with Crippen molar-refractivity contribution in [1.29, 1.82) is 0 Å². The Morgan fingerprint density at radius 2 is 1.15 bits per heavy atom. The van der Waals surface area contributed by atoms with Gasteiger partial charge in [-0.1, -0.05) is 0 Å². The van der Waals surface area contributed by atoms with Crippen LogP contribution in [-0.4, -0.2) is 49.5 Å². The molecule has 0 heterocycles. The van der Waals surface area contributed by atoms with Crippen molar-refractivity contribution in [2.24, 2.45) is 0 Å². The topological polar surface area (TPSA) is 61.8 Å². The summed E-state index contributed by atoms with van der Waals surface area (Å²) >= 11 is 0.658. The van der Waals surface area contributed by atoms with Crippen molar-refractivity contribution in [3.8, 4) is 0 Å². The molecule has 0 aliphatic rings. The average molecular weight is 339 g/mol. The zero-order chi connectivity index (χ0) is 15.8. The number of ether oxygens (including phenoxy) is 2. The van der Waals surface area contributed by atoms with Crippen molar-refractivity contribution in [3.05, 3.63) is 23.7 Å². The molecule has 0 N–H and O–H groups in total. The van der Waals surface area contributed by atoms with E-state index in [2.05, 4.69) is 4.74 Å². The summed E-state index contributed by atoms with van der Waals surface area (Å²) in [6, 6.07) is 0. The van der Waals surface area contributed by atoms with Gasteiger partial charge < -0.3 is 13.3 Å². The van der Waals surface area contributed by atoms with Crippen LogP contribution in [0.4, 0.5) is 0 Å². The van der Waals surface area contributed by atoms with E-state index in [0.29, 0.717) is 28.1 Å². The smallest absolute Gasteiger partial charge is 0.496 e. The number of allylic oxidation sites excluding steroid dienone is 4. The van der Waals surface area contributed by atoms with Gasteiger partial charge in [-0.25, -0.2) is 0 Å². The molecule has 0 aromatic heterocycles. The third-order valence-electron chi connectivity index (χ3n) is 1.46. The zero-order valence-electron chi connectivity index (χ0n) is 13.6. The summed E-state index contributed by atoms with van der Waals surface area (Å²) in [5.74, 6) is 1.42. The van der Waals surface area contributed by atoms with Crippen LogP contribution in [0.15, 0.2) is 23.7 Å². The summed E-state index contributed by atoms with van der Waals surface area (Å²) in [5.41, 5.74) is 0. The second-order valence-corrected chi connectivity index (χ2v) is 3.96. The molecule has 0 aromatic carbocycles. The van der Waals surface area contributed by atoms with E-state index in [1.54, 1.807) is 28.1 Å². The number of carbonyl (C=O) groups is 2. The Kier molecular flexibility index (Phi) is 28.9. The molecule has 0 aliphatic heterocycles. The number of rotatable bonds is 4. The molecule has 0 spiro atoms. The van der Waals surface area contributed by atoms with Crippen LogP contribution in [0.3, 0.4) is 0 Å². The van der Waals surface area contributed by atoms with Gasteiger partial charge in [0, 0.05) is 44.9 Å². The zero-order valence-corrected chi connectivity index (χ0v) is 17.0. The Hall–Kier alpha value is -0.503. The van der Waals surface area contributed by atoms with Gasteiger partial charge in [0.2, 0.25) is 0 Å². The molecule has 20 heavy (non-hydrogen) atoms. The van der Waals surface area contributed by atoms with E-state index < -0.39 is 0 Å². The van der Waals surface area contributed by atoms with E-state index in [0.717, 1.165) is 0 Å². The first-order valence-corrected chi connectivity index (χ1v) is 6.42. The van der Waals surface area contributed by atoms with Crippen LogP contribution >= 0.6 is 0 Å². The fourth-order valence-corrected chi connectivity index (χ4v) is 0.808. The summed E-state index contributed by atoms with van der Waals surface area (Å²) in [6.07, 6.45) is 2.92. The molecule has 115 valence electrons. The number of hydrogen-bond donors (Lipinski definition) is 0. The monoisotopic (exact) mass is 339 g/mol. The Bertz CT molecular complexity index is 284. The first-order valence-electron chi connectivity index (χ1n) is 5.60. The largest absolute Gasteiger partial charge is 0.651 e. The van der Waals surface area contributed by atoms with Gasteiger partial charge in [-0.15, -0.1) is 0 Å². The number of hydrogen-bond acceptors (Lipinski definition) is 5. The minimum atomic E-state index is 0. The summed E-state index contributed by atoms with van der Waals surface area (Å²) in [6.45, 7) is 6.50. The van der Waals surface area contributed by atoms with Gasteiger partial charge in [0.1, 0.15) is 0 Å². The van der Waals surface area contributed by atoms with E-state index in [9.17, 15) is 9.59 Å². The van der Waals surface area contributed by atoms with Crippen molar-refractivity contribution in [2.45, 2.75) is 27.7 Å². The predicted molar refractivity (Wildman–Crippen MR) is 78.4 cm³/mol. The number of ketones is 2. The standard InChI is InChI=1S/C6H10O2.C5H8O2.C2H6O.Al.V.2H/c1-5(7)4-6(2)8-3;1-4(6)3-5(2)7;1-3-2;;;;/h4H,1-3H3;3,6H,1-2H3;1-2H3;;;;/q;;;+1;;;/p-1/b6-4+;4-3+;;;;;. The summed E-state index contributed by atoms with van der Waals surface area (Å²) < 4.78 is 13.8. The quantitative estimate of drug-likeness (QED) is 0.441. The van der Waals surface area contributed by atoms with Crippen molar-refractivity contribution in [2.75, 3.05) is 21.3 Å². The fraction of sp³-hybridized carbons (Fsp3) is 0.538. The molecule has 0 bridgehead atoms. The Morgan fingerprint density at radius 1 is 0.850 bits per heavy atom. The molecule has 0 rings (SSSR count). The van der Waals surface area contributed by atoms with Gasteiger partial charge in [-0.05, 0) is 27.7 Å². The van der Waals surface area contributed by atoms with Gasteiger partial charge in [-0.3, -0.25) is 9.59 Å². The molecule has 0 saturated carbocycles. The van der Waals surface area contributed by atoms with Crippen LogP contribution in [0.5, 0.6) is 0 Å². The third kappa shape index (κ3) is 36.0. The maximum atomic E-state index is 10.3. The van der Waals surface area contributed by atoms with Gasteiger partial charge >= 0.3 is 16.6 Å². The van der Waals surface area contributed by atoms with Crippen LogP contribution in [0.2, 0.25) is 0 Å². The molecular weight excluding hydrogens is 314 g/mol.